The third-order valence-electron chi connectivity index (χ3n) is 1.02. The Hall–Kier alpha value is -0.500. The van der Waals surface area contributed by atoms with Gasteiger partial charge in [-0.1, -0.05) is 0 Å². The molecule has 9 heavy (non-hydrogen) atoms. The first-order valence-electron chi connectivity index (χ1n) is 2.80. The molecule has 0 radical (unpaired) electrons. The van der Waals surface area contributed by atoms with Crippen LogP contribution in [0.4, 0.5) is 0 Å². The molecule has 2 nitrogen and oxygen atoms in total. The van der Waals surface area contributed by atoms with E-state index in [1.54, 1.807) is 6.26 Å². The van der Waals surface area contributed by atoms with Crippen molar-refractivity contribution in [2.75, 3.05) is 5.88 Å². The number of hydrogen-bond donors (Lipinski definition) is 0. The summed E-state index contributed by atoms with van der Waals surface area (Å²) in [6, 6.07) is 0. The molecule has 50 valence electrons. The molecule has 0 N–H and O–H groups in total. The molecule has 0 spiro atoms. The van der Waals surface area contributed by atoms with Crippen molar-refractivity contribution in [3.8, 4) is 0 Å². The summed E-state index contributed by atoms with van der Waals surface area (Å²) < 4.78 is 4.95. The molecule has 0 atom stereocenters. The van der Waals surface area contributed by atoms with E-state index in [9.17, 15) is 0 Å². The first-order chi connectivity index (χ1) is 4.33. The summed E-state index contributed by atoms with van der Waals surface area (Å²) in [5.41, 5.74) is 0.933. The van der Waals surface area contributed by atoms with Crippen molar-refractivity contribution >= 4 is 11.6 Å². The van der Waals surface area contributed by atoms with E-state index in [4.69, 9.17) is 16.0 Å². The highest BCUT2D eigenvalue weighted by Crippen LogP contribution is 2.01. The fraction of sp³-hybridized carbons (Fsp3) is 0.500. The average molecular weight is 146 g/mol. The predicted molar refractivity (Wildman–Crippen MR) is 35.7 cm³/mol. The molecule has 1 heterocycles. The molecule has 0 amide bonds. The van der Waals surface area contributed by atoms with Gasteiger partial charge in [0.05, 0.1) is 5.69 Å². The van der Waals surface area contributed by atoms with Crippen LogP contribution in [0.25, 0.3) is 0 Å². The number of rotatable bonds is 2. The largest absolute Gasteiger partial charge is 0.449 e. The minimum Gasteiger partial charge on any atom is -0.449 e. The average Bonchev–Trinajstić information content (AvgIpc) is 2.17. The molecule has 0 aliphatic carbocycles. The molecule has 1 aromatic heterocycles. The minimum absolute atomic E-state index is 0.603. The lowest BCUT2D eigenvalue weighted by atomic mass is 10.4. The fourth-order valence-corrected chi connectivity index (χ4v) is 0.813. The van der Waals surface area contributed by atoms with Gasteiger partial charge in [0.25, 0.3) is 0 Å². The number of alkyl halides is 1. The molecule has 0 saturated carbocycles. The second-order valence-corrected chi connectivity index (χ2v) is 2.17. The monoisotopic (exact) mass is 145 g/mol. The lowest BCUT2D eigenvalue weighted by molar-refractivity contribution is 0.520. The van der Waals surface area contributed by atoms with Crippen LogP contribution in [0.5, 0.6) is 0 Å². The molecule has 0 bridgehead atoms. The van der Waals surface area contributed by atoms with Crippen molar-refractivity contribution in [3.05, 3.63) is 17.8 Å². The lowest BCUT2D eigenvalue weighted by Gasteiger charge is -1.82. The van der Waals surface area contributed by atoms with Crippen LogP contribution >= 0.6 is 11.6 Å². The summed E-state index contributed by atoms with van der Waals surface area (Å²) in [6.07, 6.45) is 2.43. The minimum atomic E-state index is 0.603. The van der Waals surface area contributed by atoms with Gasteiger partial charge in [0.15, 0.2) is 5.89 Å². The first kappa shape index (κ1) is 6.62. The van der Waals surface area contributed by atoms with Crippen LogP contribution in [-0.2, 0) is 6.42 Å². The number of aryl methyl sites for hydroxylation is 2. The molecule has 0 aliphatic heterocycles. The number of aromatic nitrogens is 1. The van der Waals surface area contributed by atoms with Gasteiger partial charge in [-0.2, -0.15) is 0 Å². The van der Waals surface area contributed by atoms with Crippen molar-refractivity contribution < 1.29 is 4.42 Å². The highest BCUT2D eigenvalue weighted by molar-refractivity contribution is 6.17. The molecule has 0 aliphatic rings. The Bertz CT molecular complexity index is 185. The van der Waals surface area contributed by atoms with E-state index in [1.165, 1.54) is 0 Å². The van der Waals surface area contributed by atoms with Gasteiger partial charge in [0, 0.05) is 19.2 Å². The maximum Gasteiger partial charge on any atom is 0.191 e. The predicted octanol–water partition coefficient (Wildman–Crippen LogP) is 1.76. The first-order valence-corrected chi connectivity index (χ1v) is 3.33. The SMILES string of the molecule is Cc1nc(CCCl)co1. The van der Waals surface area contributed by atoms with Crippen LogP contribution in [-0.4, -0.2) is 10.9 Å². The van der Waals surface area contributed by atoms with E-state index in [-0.39, 0.29) is 0 Å². The lowest BCUT2D eigenvalue weighted by Crippen LogP contribution is -1.84. The second kappa shape index (κ2) is 2.87. The summed E-state index contributed by atoms with van der Waals surface area (Å²) in [7, 11) is 0. The molecular weight excluding hydrogens is 138 g/mol. The zero-order chi connectivity index (χ0) is 6.69. The maximum atomic E-state index is 5.46. The normalized spacial score (nSPS) is 10.0. The Morgan fingerprint density at radius 3 is 3.00 bits per heavy atom. The van der Waals surface area contributed by atoms with E-state index in [2.05, 4.69) is 4.98 Å². The summed E-state index contributed by atoms with van der Waals surface area (Å²) >= 11 is 5.46. The van der Waals surface area contributed by atoms with Gasteiger partial charge in [-0.05, 0) is 0 Å². The second-order valence-electron chi connectivity index (χ2n) is 1.80. The Morgan fingerprint density at radius 2 is 2.56 bits per heavy atom. The quantitative estimate of drug-likeness (QED) is 0.593. The molecular formula is C6H8ClNO. The Labute approximate surface area is 58.8 Å². The number of halogens is 1. The summed E-state index contributed by atoms with van der Waals surface area (Å²) in [5.74, 6) is 1.31. The molecule has 0 saturated heterocycles. The van der Waals surface area contributed by atoms with Crippen molar-refractivity contribution in [2.45, 2.75) is 13.3 Å². The Balaban J connectivity index is 2.61. The summed E-state index contributed by atoms with van der Waals surface area (Å²) in [6.45, 7) is 1.82. The van der Waals surface area contributed by atoms with Crippen LogP contribution in [0.3, 0.4) is 0 Å². The van der Waals surface area contributed by atoms with Crippen LogP contribution in [0.15, 0.2) is 10.7 Å². The molecule has 1 rings (SSSR count). The van der Waals surface area contributed by atoms with Gasteiger partial charge in [-0.15, -0.1) is 11.6 Å². The van der Waals surface area contributed by atoms with E-state index < -0.39 is 0 Å². The molecule has 0 aromatic carbocycles. The summed E-state index contributed by atoms with van der Waals surface area (Å²) in [4.78, 5) is 4.05. The van der Waals surface area contributed by atoms with Gasteiger partial charge in [0.1, 0.15) is 6.26 Å². The van der Waals surface area contributed by atoms with Gasteiger partial charge in [0.2, 0.25) is 0 Å². The van der Waals surface area contributed by atoms with E-state index >= 15 is 0 Å². The third-order valence-corrected chi connectivity index (χ3v) is 1.21. The smallest absolute Gasteiger partial charge is 0.191 e. The number of nitrogens with zero attached hydrogens (tertiary/aromatic N) is 1. The Kier molecular flexibility index (Phi) is 2.11. The van der Waals surface area contributed by atoms with Crippen molar-refractivity contribution in [3.63, 3.8) is 0 Å². The maximum absolute atomic E-state index is 5.46. The van der Waals surface area contributed by atoms with E-state index in [0.29, 0.717) is 11.8 Å². The third kappa shape index (κ3) is 1.72. The van der Waals surface area contributed by atoms with Gasteiger partial charge < -0.3 is 4.42 Å². The van der Waals surface area contributed by atoms with Crippen LogP contribution in [0.2, 0.25) is 0 Å². The van der Waals surface area contributed by atoms with Crippen LogP contribution in [0, 0.1) is 6.92 Å². The summed E-state index contributed by atoms with van der Waals surface area (Å²) in [5, 5.41) is 0. The van der Waals surface area contributed by atoms with Gasteiger partial charge >= 0.3 is 0 Å². The highest BCUT2D eigenvalue weighted by Gasteiger charge is 1.96. The number of oxazole rings is 1. The van der Waals surface area contributed by atoms with Crippen molar-refractivity contribution in [1.29, 1.82) is 0 Å². The molecule has 1 aromatic rings. The van der Waals surface area contributed by atoms with Crippen molar-refractivity contribution in [1.82, 2.24) is 4.98 Å². The fourth-order valence-electron chi connectivity index (χ4n) is 0.620. The van der Waals surface area contributed by atoms with Gasteiger partial charge in [-0.3, -0.25) is 0 Å². The molecule has 3 heteroatoms. The number of hydrogen-bond acceptors (Lipinski definition) is 2. The molecule has 0 unspecified atom stereocenters. The molecule has 0 fully saturated rings. The van der Waals surface area contributed by atoms with Crippen LogP contribution in [0.1, 0.15) is 11.6 Å². The van der Waals surface area contributed by atoms with Crippen LogP contribution < -0.4 is 0 Å². The zero-order valence-corrected chi connectivity index (χ0v) is 5.98. The van der Waals surface area contributed by atoms with Gasteiger partial charge in [-0.25, -0.2) is 4.98 Å². The van der Waals surface area contributed by atoms with E-state index in [1.807, 2.05) is 6.92 Å². The standard InChI is InChI=1S/C6H8ClNO/c1-5-8-6(2-3-7)4-9-5/h4H,2-3H2,1H3. The topological polar surface area (TPSA) is 26.0 Å². The highest BCUT2D eigenvalue weighted by atomic mass is 35.5. The van der Waals surface area contributed by atoms with Crippen molar-refractivity contribution in [2.24, 2.45) is 0 Å². The Morgan fingerprint density at radius 1 is 1.78 bits per heavy atom. The zero-order valence-electron chi connectivity index (χ0n) is 5.22. The van der Waals surface area contributed by atoms with E-state index in [0.717, 1.165) is 12.1 Å².